The SMILES string of the molecule is CCN=CC(=C\N)/C(C)=C(/C)N1CCC(Oc2ccc(F)cc2F)CC1. The Balaban J connectivity index is 1.98. The van der Waals surface area contributed by atoms with Crippen molar-refractivity contribution in [3.05, 3.63) is 52.9 Å². The summed E-state index contributed by atoms with van der Waals surface area (Å²) in [5.41, 5.74) is 8.88. The molecule has 1 saturated heterocycles. The van der Waals surface area contributed by atoms with Crippen LogP contribution in [0, 0.1) is 11.6 Å². The van der Waals surface area contributed by atoms with Crippen LogP contribution in [-0.2, 0) is 0 Å². The van der Waals surface area contributed by atoms with Gasteiger partial charge in [-0.15, -0.1) is 0 Å². The lowest BCUT2D eigenvalue weighted by molar-refractivity contribution is 0.113. The van der Waals surface area contributed by atoms with E-state index in [9.17, 15) is 8.78 Å². The molecular formula is C20H27F2N3O. The van der Waals surface area contributed by atoms with Crippen molar-refractivity contribution in [2.75, 3.05) is 19.6 Å². The average Bonchev–Trinajstić information content (AvgIpc) is 2.64. The maximum atomic E-state index is 13.7. The fourth-order valence-corrected chi connectivity index (χ4v) is 2.96. The third-order valence-electron chi connectivity index (χ3n) is 4.67. The van der Waals surface area contributed by atoms with E-state index in [4.69, 9.17) is 10.5 Å². The summed E-state index contributed by atoms with van der Waals surface area (Å²) in [6.45, 7) is 8.40. The van der Waals surface area contributed by atoms with Crippen molar-refractivity contribution < 1.29 is 13.5 Å². The number of likely N-dealkylation sites (tertiary alicyclic amines) is 1. The van der Waals surface area contributed by atoms with Crippen LogP contribution in [0.3, 0.4) is 0 Å². The van der Waals surface area contributed by atoms with Gasteiger partial charge in [0.1, 0.15) is 11.9 Å². The van der Waals surface area contributed by atoms with Crippen LogP contribution in [0.1, 0.15) is 33.6 Å². The molecule has 0 amide bonds. The van der Waals surface area contributed by atoms with E-state index in [-0.39, 0.29) is 11.9 Å². The zero-order chi connectivity index (χ0) is 19.1. The molecule has 0 radical (unpaired) electrons. The summed E-state index contributed by atoms with van der Waals surface area (Å²) in [6, 6.07) is 3.40. The highest BCUT2D eigenvalue weighted by Crippen LogP contribution is 2.25. The summed E-state index contributed by atoms with van der Waals surface area (Å²) in [7, 11) is 0. The summed E-state index contributed by atoms with van der Waals surface area (Å²) in [5.74, 6) is -1.15. The Hall–Kier alpha value is -2.37. The maximum Gasteiger partial charge on any atom is 0.167 e. The van der Waals surface area contributed by atoms with Gasteiger partial charge in [0, 0.05) is 62.2 Å². The van der Waals surface area contributed by atoms with Crippen LogP contribution >= 0.6 is 0 Å². The predicted octanol–water partition coefficient (Wildman–Crippen LogP) is 4.04. The van der Waals surface area contributed by atoms with Gasteiger partial charge in [0.15, 0.2) is 11.6 Å². The number of ether oxygens (including phenoxy) is 1. The largest absolute Gasteiger partial charge is 0.487 e. The van der Waals surface area contributed by atoms with Crippen molar-refractivity contribution in [3.8, 4) is 5.75 Å². The van der Waals surface area contributed by atoms with Gasteiger partial charge in [-0.3, -0.25) is 4.99 Å². The third-order valence-corrected chi connectivity index (χ3v) is 4.67. The average molecular weight is 363 g/mol. The molecule has 0 spiro atoms. The molecule has 2 rings (SSSR count). The van der Waals surface area contributed by atoms with E-state index in [1.165, 1.54) is 12.1 Å². The van der Waals surface area contributed by atoms with E-state index in [0.29, 0.717) is 6.54 Å². The summed E-state index contributed by atoms with van der Waals surface area (Å²) in [5, 5.41) is 0. The number of aliphatic imine (C=N–C) groups is 1. The van der Waals surface area contributed by atoms with Crippen molar-refractivity contribution in [3.63, 3.8) is 0 Å². The van der Waals surface area contributed by atoms with Crippen LogP contribution in [-0.4, -0.2) is 36.9 Å². The molecule has 26 heavy (non-hydrogen) atoms. The van der Waals surface area contributed by atoms with Gasteiger partial charge in [-0.1, -0.05) is 0 Å². The number of allylic oxidation sites excluding steroid dienone is 3. The lowest BCUT2D eigenvalue weighted by atomic mass is 10.0. The number of rotatable bonds is 6. The second-order valence-electron chi connectivity index (χ2n) is 6.34. The van der Waals surface area contributed by atoms with E-state index in [0.717, 1.165) is 48.8 Å². The molecule has 0 bridgehead atoms. The molecule has 0 aromatic heterocycles. The van der Waals surface area contributed by atoms with Crippen molar-refractivity contribution in [2.45, 2.75) is 39.7 Å². The lowest BCUT2D eigenvalue weighted by Gasteiger charge is -2.35. The van der Waals surface area contributed by atoms with Gasteiger partial charge in [-0.25, -0.2) is 8.78 Å². The molecule has 6 heteroatoms. The Labute approximate surface area is 154 Å². The van der Waals surface area contributed by atoms with Crippen molar-refractivity contribution >= 4 is 6.21 Å². The second-order valence-corrected chi connectivity index (χ2v) is 6.34. The minimum absolute atomic E-state index is 0.0782. The first kappa shape index (κ1) is 19.9. The van der Waals surface area contributed by atoms with E-state index in [1.807, 2.05) is 13.8 Å². The monoisotopic (exact) mass is 363 g/mol. The molecule has 1 heterocycles. The molecule has 0 saturated carbocycles. The highest BCUT2D eigenvalue weighted by Gasteiger charge is 2.22. The van der Waals surface area contributed by atoms with Gasteiger partial charge in [0.25, 0.3) is 0 Å². The first-order chi connectivity index (χ1) is 12.5. The molecule has 0 unspecified atom stereocenters. The lowest BCUT2D eigenvalue weighted by Crippen LogP contribution is -2.37. The molecular weight excluding hydrogens is 336 g/mol. The van der Waals surface area contributed by atoms with Gasteiger partial charge < -0.3 is 15.4 Å². The van der Waals surface area contributed by atoms with Gasteiger partial charge in [0.2, 0.25) is 0 Å². The molecule has 4 nitrogen and oxygen atoms in total. The topological polar surface area (TPSA) is 50.8 Å². The molecule has 0 atom stereocenters. The van der Waals surface area contributed by atoms with E-state index < -0.39 is 11.6 Å². The molecule has 1 aromatic rings. The van der Waals surface area contributed by atoms with Crippen LogP contribution in [0.25, 0.3) is 0 Å². The van der Waals surface area contributed by atoms with Crippen LogP contribution in [0.4, 0.5) is 8.78 Å². The Morgan fingerprint density at radius 3 is 2.58 bits per heavy atom. The minimum Gasteiger partial charge on any atom is -0.487 e. The number of halogens is 2. The van der Waals surface area contributed by atoms with Crippen LogP contribution < -0.4 is 10.5 Å². The zero-order valence-corrected chi connectivity index (χ0v) is 15.6. The minimum atomic E-state index is -0.660. The Morgan fingerprint density at radius 1 is 1.31 bits per heavy atom. The van der Waals surface area contributed by atoms with Crippen LogP contribution in [0.5, 0.6) is 5.75 Å². The smallest absolute Gasteiger partial charge is 0.167 e. The molecule has 0 aliphatic carbocycles. The normalized spacial score (nSPS) is 17.6. The first-order valence-corrected chi connectivity index (χ1v) is 8.92. The van der Waals surface area contributed by atoms with Gasteiger partial charge >= 0.3 is 0 Å². The number of hydrogen-bond acceptors (Lipinski definition) is 4. The molecule has 1 fully saturated rings. The highest BCUT2D eigenvalue weighted by molar-refractivity contribution is 5.84. The number of benzene rings is 1. The molecule has 2 N–H and O–H groups in total. The predicted molar refractivity (Wildman–Crippen MR) is 101 cm³/mol. The summed E-state index contributed by atoms with van der Waals surface area (Å²) >= 11 is 0. The Bertz CT molecular complexity index is 705. The molecule has 142 valence electrons. The summed E-state index contributed by atoms with van der Waals surface area (Å²) < 4.78 is 32.4. The maximum absolute atomic E-state index is 13.7. The van der Waals surface area contributed by atoms with Gasteiger partial charge in [0.05, 0.1) is 0 Å². The first-order valence-electron chi connectivity index (χ1n) is 8.92. The summed E-state index contributed by atoms with van der Waals surface area (Å²) in [4.78, 5) is 6.53. The van der Waals surface area contributed by atoms with Crippen LogP contribution in [0.2, 0.25) is 0 Å². The van der Waals surface area contributed by atoms with Gasteiger partial charge in [-0.05, 0) is 38.5 Å². The molecule has 1 aromatic carbocycles. The number of nitrogens with zero attached hydrogens (tertiary/aromatic N) is 2. The Kier molecular flexibility index (Phi) is 7.18. The second kappa shape index (κ2) is 9.36. The van der Waals surface area contributed by atoms with Gasteiger partial charge in [-0.2, -0.15) is 0 Å². The van der Waals surface area contributed by atoms with Crippen LogP contribution in [0.15, 0.2) is 46.2 Å². The van der Waals surface area contributed by atoms with Crippen molar-refractivity contribution in [2.24, 2.45) is 10.7 Å². The number of nitrogens with two attached hydrogens (primary N) is 1. The fraction of sp³-hybridized carbons (Fsp3) is 0.450. The number of hydrogen-bond donors (Lipinski definition) is 1. The van der Waals surface area contributed by atoms with E-state index >= 15 is 0 Å². The Morgan fingerprint density at radius 2 is 2.00 bits per heavy atom. The third kappa shape index (κ3) is 5.07. The molecule has 1 aliphatic rings. The number of piperidine rings is 1. The van der Waals surface area contributed by atoms with E-state index in [2.05, 4.69) is 16.8 Å². The van der Waals surface area contributed by atoms with Crippen molar-refractivity contribution in [1.29, 1.82) is 0 Å². The quantitative estimate of drug-likeness (QED) is 0.613. The zero-order valence-electron chi connectivity index (χ0n) is 15.6. The van der Waals surface area contributed by atoms with E-state index in [1.54, 1.807) is 12.4 Å². The molecule has 1 aliphatic heterocycles. The summed E-state index contributed by atoms with van der Waals surface area (Å²) in [6.07, 6.45) is 4.83. The standard InChI is InChI=1S/C20H27F2N3O/c1-4-24-13-16(12-23)14(2)15(3)25-9-7-18(8-10-25)26-20-6-5-17(21)11-19(20)22/h5-6,11-13,18H,4,7-10,23H2,1-3H3/b15-14-,16-12+,24-13?. The van der Waals surface area contributed by atoms with Crippen molar-refractivity contribution in [1.82, 2.24) is 4.90 Å². The highest BCUT2D eigenvalue weighted by atomic mass is 19.1. The fourth-order valence-electron chi connectivity index (χ4n) is 2.96.